The number of hydrogen-bond acceptors (Lipinski definition) is 1. The first kappa shape index (κ1) is 12.8. The Bertz CT molecular complexity index is 324. The quantitative estimate of drug-likeness (QED) is 0.553. The van der Waals surface area contributed by atoms with Gasteiger partial charge in [0.2, 0.25) is 0 Å². The fourth-order valence-corrected chi connectivity index (χ4v) is 2.30. The van der Waals surface area contributed by atoms with E-state index in [4.69, 9.17) is 11.6 Å². The Hall–Kier alpha value is -0.290. The van der Waals surface area contributed by atoms with E-state index in [-0.39, 0.29) is 4.88 Å². The van der Waals surface area contributed by atoms with E-state index in [1.807, 2.05) is 6.92 Å². The summed E-state index contributed by atoms with van der Waals surface area (Å²) in [5.74, 6) is -4.18. The summed E-state index contributed by atoms with van der Waals surface area (Å²) in [5, 5.41) is -1.96. The van der Waals surface area contributed by atoms with Crippen LogP contribution in [0.4, 0.5) is 17.6 Å². The van der Waals surface area contributed by atoms with Gasteiger partial charge >= 0.3 is 12.3 Å². The summed E-state index contributed by atoms with van der Waals surface area (Å²) in [4.78, 5) is 0.930. The minimum absolute atomic E-state index is 0.0822. The molecule has 1 rings (SSSR count). The molecule has 0 N–H and O–H groups in total. The molecule has 0 nitrogen and oxygen atoms in total. The second-order valence-electron chi connectivity index (χ2n) is 3.00. The molecule has 1 unspecified atom stereocenters. The van der Waals surface area contributed by atoms with Crippen LogP contribution in [0.1, 0.15) is 22.1 Å². The first-order valence-electron chi connectivity index (χ1n) is 4.28. The van der Waals surface area contributed by atoms with Crippen molar-refractivity contribution in [3.63, 3.8) is 0 Å². The standard InChI is InChI=1S/C9H9ClF4S/c1-2-5-3-4-6(15-5)7(10)9(13,14)8(11)12/h3-4,7-8H,2H2,1H3. The van der Waals surface area contributed by atoms with Gasteiger partial charge in [0.05, 0.1) is 0 Å². The molecule has 0 amide bonds. The van der Waals surface area contributed by atoms with E-state index in [1.54, 1.807) is 6.07 Å². The summed E-state index contributed by atoms with van der Waals surface area (Å²) in [6.07, 6.45) is -3.07. The van der Waals surface area contributed by atoms with Crippen LogP contribution in [0.25, 0.3) is 0 Å². The first-order chi connectivity index (χ1) is 6.89. The Morgan fingerprint density at radius 1 is 1.40 bits per heavy atom. The van der Waals surface area contributed by atoms with E-state index in [0.29, 0.717) is 6.42 Å². The second kappa shape index (κ2) is 4.70. The van der Waals surface area contributed by atoms with Crippen LogP contribution >= 0.6 is 22.9 Å². The molecule has 0 aliphatic heterocycles. The van der Waals surface area contributed by atoms with Crippen LogP contribution in [0.3, 0.4) is 0 Å². The van der Waals surface area contributed by atoms with Gasteiger partial charge in [0, 0.05) is 9.75 Å². The maximum atomic E-state index is 12.9. The van der Waals surface area contributed by atoms with Crippen molar-refractivity contribution >= 4 is 22.9 Å². The van der Waals surface area contributed by atoms with Crippen molar-refractivity contribution < 1.29 is 17.6 Å². The average Bonchev–Trinajstić information content (AvgIpc) is 2.64. The minimum atomic E-state index is -4.18. The smallest absolute Gasteiger partial charge is 0.204 e. The molecule has 0 fully saturated rings. The minimum Gasteiger partial charge on any atom is -0.204 e. The molecule has 0 bridgehead atoms. The van der Waals surface area contributed by atoms with Crippen LogP contribution in [-0.2, 0) is 6.42 Å². The van der Waals surface area contributed by atoms with Gasteiger partial charge in [-0.1, -0.05) is 6.92 Å². The number of hydrogen-bond donors (Lipinski definition) is 0. The van der Waals surface area contributed by atoms with E-state index >= 15 is 0 Å². The van der Waals surface area contributed by atoms with Crippen molar-refractivity contribution in [1.29, 1.82) is 0 Å². The molecule has 0 radical (unpaired) electrons. The van der Waals surface area contributed by atoms with E-state index in [9.17, 15) is 17.6 Å². The summed E-state index contributed by atoms with van der Waals surface area (Å²) < 4.78 is 49.7. The average molecular weight is 261 g/mol. The summed E-state index contributed by atoms with van der Waals surface area (Å²) in [5.41, 5.74) is 0. The monoisotopic (exact) mass is 260 g/mol. The molecule has 0 saturated carbocycles. The van der Waals surface area contributed by atoms with Crippen molar-refractivity contribution in [2.24, 2.45) is 0 Å². The molecular formula is C9H9ClF4S. The highest BCUT2D eigenvalue weighted by Gasteiger charge is 2.49. The largest absolute Gasteiger partial charge is 0.328 e. The van der Waals surface area contributed by atoms with Gasteiger partial charge in [-0.25, -0.2) is 8.78 Å². The molecule has 0 saturated heterocycles. The predicted octanol–water partition coefficient (Wildman–Crippen LogP) is 4.49. The zero-order valence-corrected chi connectivity index (χ0v) is 9.39. The third-order valence-corrected chi connectivity index (χ3v) is 3.86. The number of thiophene rings is 1. The van der Waals surface area contributed by atoms with Crippen molar-refractivity contribution in [1.82, 2.24) is 0 Å². The topological polar surface area (TPSA) is 0 Å². The molecule has 0 aliphatic carbocycles. The number of alkyl halides is 5. The van der Waals surface area contributed by atoms with E-state index in [0.717, 1.165) is 16.2 Å². The van der Waals surface area contributed by atoms with Crippen molar-refractivity contribution in [2.75, 3.05) is 0 Å². The molecule has 6 heteroatoms. The van der Waals surface area contributed by atoms with E-state index in [2.05, 4.69) is 0 Å². The number of halogens is 5. The predicted molar refractivity (Wildman–Crippen MR) is 53.2 cm³/mol. The molecule has 1 atom stereocenters. The highest BCUT2D eigenvalue weighted by atomic mass is 35.5. The Labute approximate surface area is 93.9 Å². The molecule has 86 valence electrons. The van der Waals surface area contributed by atoms with Gasteiger partial charge in [-0.3, -0.25) is 0 Å². The summed E-state index contributed by atoms with van der Waals surface area (Å²) >= 11 is 6.38. The van der Waals surface area contributed by atoms with Crippen LogP contribution in [-0.4, -0.2) is 12.3 Å². The lowest BCUT2D eigenvalue weighted by molar-refractivity contribution is -0.130. The lowest BCUT2D eigenvalue weighted by atomic mass is 10.2. The fraction of sp³-hybridized carbons (Fsp3) is 0.556. The summed E-state index contributed by atoms with van der Waals surface area (Å²) in [6, 6.07) is 2.99. The molecule has 0 spiro atoms. The van der Waals surface area contributed by atoms with Crippen LogP contribution in [0, 0.1) is 0 Å². The van der Waals surface area contributed by atoms with Gasteiger partial charge in [0.15, 0.2) is 0 Å². The van der Waals surface area contributed by atoms with Crippen molar-refractivity contribution in [3.8, 4) is 0 Å². The molecule has 15 heavy (non-hydrogen) atoms. The normalized spacial score (nSPS) is 14.6. The molecule has 1 aromatic heterocycles. The number of aryl methyl sites for hydroxylation is 1. The van der Waals surface area contributed by atoms with Gasteiger partial charge in [-0.05, 0) is 18.6 Å². The molecule has 1 aromatic rings. The Kier molecular flexibility index (Phi) is 4.00. The SMILES string of the molecule is CCc1ccc(C(Cl)C(F)(F)C(F)F)s1. The zero-order chi connectivity index (χ0) is 11.6. The Morgan fingerprint density at radius 3 is 2.40 bits per heavy atom. The van der Waals surface area contributed by atoms with Crippen molar-refractivity contribution in [2.45, 2.75) is 31.1 Å². The summed E-state index contributed by atoms with van der Waals surface area (Å²) in [6.45, 7) is 1.85. The second-order valence-corrected chi connectivity index (χ2v) is 4.63. The Morgan fingerprint density at radius 2 is 2.00 bits per heavy atom. The molecule has 0 aromatic carbocycles. The van der Waals surface area contributed by atoms with Crippen molar-refractivity contribution in [3.05, 3.63) is 21.9 Å². The molecule has 1 heterocycles. The van der Waals surface area contributed by atoms with Gasteiger partial charge in [-0.2, -0.15) is 8.78 Å². The third-order valence-electron chi connectivity index (χ3n) is 1.91. The highest BCUT2D eigenvalue weighted by molar-refractivity contribution is 7.12. The van der Waals surface area contributed by atoms with Gasteiger partial charge in [0.25, 0.3) is 0 Å². The fourth-order valence-electron chi connectivity index (χ4n) is 1.02. The maximum absolute atomic E-state index is 12.9. The lowest BCUT2D eigenvalue weighted by Crippen LogP contribution is -2.31. The first-order valence-corrected chi connectivity index (χ1v) is 5.53. The molecule has 0 aliphatic rings. The lowest BCUT2D eigenvalue weighted by Gasteiger charge is -2.19. The van der Waals surface area contributed by atoms with Crippen LogP contribution in [0.15, 0.2) is 12.1 Å². The number of rotatable bonds is 4. The van der Waals surface area contributed by atoms with Gasteiger partial charge < -0.3 is 0 Å². The zero-order valence-electron chi connectivity index (χ0n) is 7.81. The third kappa shape index (κ3) is 2.64. The van der Waals surface area contributed by atoms with Crippen LogP contribution < -0.4 is 0 Å². The molecular weight excluding hydrogens is 252 g/mol. The van der Waals surface area contributed by atoms with E-state index in [1.165, 1.54) is 6.07 Å². The summed E-state index contributed by atoms with van der Waals surface area (Å²) in [7, 11) is 0. The van der Waals surface area contributed by atoms with Crippen LogP contribution in [0.2, 0.25) is 0 Å². The van der Waals surface area contributed by atoms with Gasteiger partial charge in [-0.15, -0.1) is 22.9 Å². The van der Waals surface area contributed by atoms with Crippen LogP contribution in [0.5, 0.6) is 0 Å². The Balaban J connectivity index is 2.88. The maximum Gasteiger partial charge on any atom is 0.328 e. The van der Waals surface area contributed by atoms with E-state index < -0.39 is 17.7 Å². The van der Waals surface area contributed by atoms with Gasteiger partial charge in [0.1, 0.15) is 5.38 Å². The highest BCUT2D eigenvalue weighted by Crippen LogP contribution is 2.43.